The van der Waals surface area contributed by atoms with E-state index in [0.29, 0.717) is 18.0 Å². The van der Waals surface area contributed by atoms with Gasteiger partial charge in [-0.3, -0.25) is 9.78 Å². The molecule has 6 nitrogen and oxygen atoms in total. The number of carbonyl (C=O) groups excluding carboxylic acids is 1. The Morgan fingerprint density at radius 3 is 2.83 bits per heavy atom. The van der Waals surface area contributed by atoms with E-state index in [0.717, 1.165) is 40.7 Å². The van der Waals surface area contributed by atoms with Gasteiger partial charge in [0.2, 0.25) is 5.91 Å². The Balaban J connectivity index is 1.66. The number of anilines is 2. The van der Waals surface area contributed by atoms with Crippen LogP contribution in [0.1, 0.15) is 42.4 Å². The van der Waals surface area contributed by atoms with Crippen molar-refractivity contribution >= 4 is 28.2 Å². The summed E-state index contributed by atoms with van der Waals surface area (Å²) in [6.45, 7) is 2.32. The highest BCUT2D eigenvalue weighted by Crippen LogP contribution is 2.44. The van der Waals surface area contributed by atoms with Crippen LogP contribution < -0.4 is 16.0 Å². The zero-order valence-corrected chi connectivity index (χ0v) is 16.8. The van der Waals surface area contributed by atoms with Crippen LogP contribution in [0.25, 0.3) is 10.9 Å². The monoisotopic (exact) mass is 397 g/mol. The number of nitrogens with zero attached hydrogens (tertiary/aromatic N) is 3. The van der Waals surface area contributed by atoms with Crippen LogP contribution in [0.2, 0.25) is 0 Å². The van der Waals surface area contributed by atoms with E-state index >= 15 is 0 Å². The van der Waals surface area contributed by atoms with Gasteiger partial charge >= 0.3 is 0 Å². The number of fused-ring (bicyclic) bond motifs is 2. The second kappa shape index (κ2) is 7.12. The van der Waals surface area contributed by atoms with Gasteiger partial charge in [-0.15, -0.1) is 0 Å². The molecule has 0 saturated heterocycles. The molecule has 1 amide bonds. The van der Waals surface area contributed by atoms with Crippen LogP contribution in [0.15, 0.2) is 48.7 Å². The van der Waals surface area contributed by atoms with E-state index in [4.69, 9.17) is 5.73 Å². The smallest absolute Gasteiger partial charge is 0.246 e. The molecule has 1 saturated carbocycles. The number of nitrogens with two attached hydrogens (primary N) is 1. The summed E-state index contributed by atoms with van der Waals surface area (Å²) in [6.07, 6.45) is 4.28. The number of carbonyl (C=O) groups is 1. The number of amides is 1. The number of aromatic nitrogens is 1. The first-order chi connectivity index (χ1) is 14.6. The van der Waals surface area contributed by atoms with E-state index in [9.17, 15) is 10.1 Å². The third-order valence-corrected chi connectivity index (χ3v) is 6.14. The first-order valence-electron chi connectivity index (χ1n) is 10.3. The summed E-state index contributed by atoms with van der Waals surface area (Å²) in [5.74, 6) is 0.381. The molecular weight excluding hydrogens is 374 g/mol. The maximum absolute atomic E-state index is 13.4. The molecule has 5 rings (SSSR count). The molecule has 2 atom stereocenters. The highest BCUT2D eigenvalue weighted by atomic mass is 16.2. The minimum atomic E-state index is -0.680. The molecule has 3 N–H and O–H groups in total. The average Bonchev–Trinajstić information content (AvgIpc) is 3.61. The van der Waals surface area contributed by atoms with Gasteiger partial charge in [-0.2, -0.15) is 5.26 Å². The summed E-state index contributed by atoms with van der Waals surface area (Å²) >= 11 is 0. The third kappa shape index (κ3) is 3.08. The number of nitrogens with one attached hydrogen (secondary N) is 1. The number of pyridine rings is 1. The topological polar surface area (TPSA) is 95.0 Å². The average molecular weight is 397 g/mol. The van der Waals surface area contributed by atoms with Crippen LogP contribution in [0, 0.1) is 11.3 Å². The summed E-state index contributed by atoms with van der Waals surface area (Å²) in [5.41, 5.74) is 11.6. The molecule has 1 aromatic heterocycles. The fourth-order valence-corrected chi connectivity index (χ4v) is 4.26. The van der Waals surface area contributed by atoms with Gasteiger partial charge in [0.05, 0.1) is 35.1 Å². The van der Waals surface area contributed by atoms with Gasteiger partial charge in [0.15, 0.2) is 0 Å². The van der Waals surface area contributed by atoms with Crippen molar-refractivity contribution in [1.82, 2.24) is 4.98 Å². The summed E-state index contributed by atoms with van der Waals surface area (Å²) in [6, 6.07) is 14.7. The molecule has 6 heteroatoms. The molecule has 1 aliphatic heterocycles. The van der Waals surface area contributed by atoms with Crippen molar-refractivity contribution in [2.75, 3.05) is 10.2 Å². The molecule has 0 unspecified atom stereocenters. The zero-order chi connectivity index (χ0) is 20.8. The lowest BCUT2D eigenvalue weighted by Gasteiger charge is -2.26. The zero-order valence-electron chi connectivity index (χ0n) is 16.8. The summed E-state index contributed by atoms with van der Waals surface area (Å²) in [5, 5.41) is 13.7. The summed E-state index contributed by atoms with van der Waals surface area (Å²) in [7, 11) is 0. The van der Waals surface area contributed by atoms with Crippen molar-refractivity contribution in [1.29, 1.82) is 5.26 Å². The Hall–Kier alpha value is -3.43. The fraction of sp³-hybridized carbons (Fsp3) is 0.292. The van der Waals surface area contributed by atoms with Crippen LogP contribution in [-0.4, -0.2) is 23.0 Å². The van der Waals surface area contributed by atoms with Crippen molar-refractivity contribution in [2.24, 2.45) is 5.73 Å². The molecule has 0 radical (unpaired) electrons. The van der Waals surface area contributed by atoms with Crippen molar-refractivity contribution < 1.29 is 4.79 Å². The van der Waals surface area contributed by atoms with Gasteiger partial charge in [-0.25, -0.2) is 0 Å². The summed E-state index contributed by atoms with van der Waals surface area (Å²) in [4.78, 5) is 19.8. The number of nitriles is 1. The lowest BCUT2D eigenvalue weighted by atomic mass is 9.99. The maximum atomic E-state index is 13.4. The van der Waals surface area contributed by atoms with Crippen LogP contribution in [-0.2, 0) is 11.3 Å². The highest BCUT2D eigenvalue weighted by molar-refractivity contribution is 6.02. The van der Waals surface area contributed by atoms with Gasteiger partial charge in [0, 0.05) is 17.6 Å². The standard InChI is InChI=1S/C24H23N5O/c1-14-23(26)24(30)29(22-9-6-15(11-25)10-21(22)28-14)13-19-17-4-2-3-5-20(17)27-12-18(19)16-7-8-16/h2-6,9-10,12,14,16,23,28H,7-8,13,26H2,1H3/t14-,23-/m0/s1. The lowest BCUT2D eigenvalue weighted by molar-refractivity contribution is -0.120. The molecule has 150 valence electrons. The summed E-state index contributed by atoms with van der Waals surface area (Å²) < 4.78 is 0. The van der Waals surface area contributed by atoms with Crippen LogP contribution >= 0.6 is 0 Å². The quantitative estimate of drug-likeness (QED) is 0.703. The molecule has 3 aromatic rings. The maximum Gasteiger partial charge on any atom is 0.246 e. The van der Waals surface area contributed by atoms with Crippen molar-refractivity contribution in [3.8, 4) is 6.07 Å². The molecule has 30 heavy (non-hydrogen) atoms. The Kier molecular flexibility index (Phi) is 4.41. The van der Waals surface area contributed by atoms with E-state index in [-0.39, 0.29) is 11.9 Å². The second-order valence-electron chi connectivity index (χ2n) is 8.21. The van der Waals surface area contributed by atoms with Crippen molar-refractivity contribution in [2.45, 2.75) is 44.3 Å². The molecule has 2 aromatic carbocycles. The Labute approximate surface area is 175 Å². The predicted molar refractivity (Wildman–Crippen MR) is 117 cm³/mol. The second-order valence-corrected chi connectivity index (χ2v) is 8.21. The van der Waals surface area contributed by atoms with E-state index in [1.54, 1.807) is 17.0 Å². The predicted octanol–water partition coefficient (Wildman–Crippen LogP) is 3.66. The normalized spacial score (nSPS) is 21.0. The molecule has 0 bridgehead atoms. The number of para-hydroxylation sites is 1. The van der Waals surface area contributed by atoms with E-state index < -0.39 is 6.04 Å². The van der Waals surface area contributed by atoms with Crippen LogP contribution in [0.4, 0.5) is 11.4 Å². The Morgan fingerprint density at radius 1 is 1.27 bits per heavy atom. The highest BCUT2D eigenvalue weighted by Gasteiger charge is 2.34. The van der Waals surface area contributed by atoms with Gasteiger partial charge < -0.3 is 16.0 Å². The molecule has 2 aliphatic rings. The Morgan fingerprint density at radius 2 is 2.07 bits per heavy atom. The molecule has 2 heterocycles. The number of hydrogen-bond donors (Lipinski definition) is 2. The number of benzene rings is 2. The van der Waals surface area contributed by atoms with Gasteiger partial charge in [-0.1, -0.05) is 18.2 Å². The number of rotatable bonds is 3. The third-order valence-electron chi connectivity index (χ3n) is 6.14. The van der Waals surface area contributed by atoms with E-state index in [2.05, 4.69) is 22.4 Å². The SMILES string of the molecule is C[C@@H]1Nc2cc(C#N)ccc2N(Cc2c(C3CC3)cnc3ccccc23)C(=O)[C@H]1N. The van der Waals surface area contributed by atoms with Crippen LogP contribution in [0.3, 0.4) is 0 Å². The van der Waals surface area contributed by atoms with Gasteiger partial charge in [0.25, 0.3) is 0 Å². The molecule has 1 aliphatic carbocycles. The van der Waals surface area contributed by atoms with Crippen molar-refractivity contribution in [3.63, 3.8) is 0 Å². The first-order valence-corrected chi connectivity index (χ1v) is 10.3. The van der Waals surface area contributed by atoms with E-state index in [1.165, 1.54) is 5.56 Å². The van der Waals surface area contributed by atoms with Crippen molar-refractivity contribution in [3.05, 3.63) is 65.4 Å². The minimum Gasteiger partial charge on any atom is -0.379 e. The number of hydrogen-bond acceptors (Lipinski definition) is 5. The Bertz CT molecular complexity index is 1190. The largest absolute Gasteiger partial charge is 0.379 e. The lowest BCUT2D eigenvalue weighted by Crippen LogP contribution is -2.49. The first kappa shape index (κ1) is 18.6. The minimum absolute atomic E-state index is 0.124. The molecular formula is C24H23N5O. The molecule has 1 fully saturated rings. The fourth-order valence-electron chi connectivity index (χ4n) is 4.26. The van der Waals surface area contributed by atoms with Crippen LogP contribution in [0.5, 0.6) is 0 Å². The van der Waals surface area contributed by atoms with Gasteiger partial charge in [-0.05, 0) is 61.1 Å². The van der Waals surface area contributed by atoms with Gasteiger partial charge in [0.1, 0.15) is 6.04 Å². The molecule has 0 spiro atoms. The van der Waals surface area contributed by atoms with E-state index in [1.807, 2.05) is 37.4 Å².